The number of carbonyl (C=O) groups is 1. The van der Waals surface area contributed by atoms with Crippen LogP contribution < -0.4 is 0 Å². The molecule has 1 aliphatic rings. The summed E-state index contributed by atoms with van der Waals surface area (Å²) in [5.41, 5.74) is 3.53. The molecule has 0 atom stereocenters. The van der Waals surface area contributed by atoms with Crippen molar-refractivity contribution in [3.63, 3.8) is 0 Å². The molecule has 118 valence electrons. The minimum Gasteiger partial charge on any atom is -0.267 e. The van der Waals surface area contributed by atoms with Crippen molar-refractivity contribution >= 4 is 11.6 Å². The summed E-state index contributed by atoms with van der Waals surface area (Å²) in [4.78, 5) is 12.4. The molecule has 3 nitrogen and oxygen atoms in total. The molecule has 1 amide bonds. The number of halogens is 1. The molecule has 2 aromatic carbocycles. The van der Waals surface area contributed by atoms with Gasteiger partial charge >= 0.3 is 0 Å². The fraction of sp³-hybridized carbons (Fsp3) is 0.263. The summed E-state index contributed by atoms with van der Waals surface area (Å²) in [7, 11) is 0. The second-order valence-electron chi connectivity index (χ2n) is 6.01. The Balaban J connectivity index is 1.79. The fourth-order valence-corrected chi connectivity index (χ4v) is 2.64. The van der Waals surface area contributed by atoms with Gasteiger partial charge in [0.05, 0.1) is 12.3 Å². The van der Waals surface area contributed by atoms with E-state index in [1.165, 1.54) is 28.8 Å². The standard InChI is InChI=1S/C19H19FN2O/c1-13(2)14-6-8-15(9-7-14)18-10-11-22(21-18)19(23)16-4-3-5-17(20)12-16/h3-9,12-13H,10-11H2,1-2H3. The van der Waals surface area contributed by atoms with Gasteiger partial charge in [-0.3, -0.25) is 4.79 Å². The molecule has 0 unspecified atom stereocenters. The first-order valence-electron chi connectivity index (χ1n) is 7.80. The van der Waals surface area contributed by atoms with Crippen LogP contribution in [0.3, 0.4) is 0 Å². The van der Waals surface area contributed by atoms with Crippen LogP contribution in [-0.4, -0.2) is 23.2 Å². The van der Waals surface area contributed by atoms with Gasteiger partial charge in [-0.05, 0) is 35.2 Å². The Hall–Kier alpha value is -2.49. The molecule has 0 saturated heterocycles. The van der Waals surface area contributed by atoms with Gasteiger partial charge in [0, 0.05) is 12.0 Å². The van der Waals surface area contributed by atoms with Gasteiger partial charge in [-0.15, -0.1) is 0 Å². The van der Waals surface area contributed by atoms with Crippen LogP contribution in [0.15, 0.2) is 53.6 Å². The second-order valence-corrected chi connectivity index (χ2v) is 6.01. The van der Waals surface area contributed by atoms with Crippen LogP contribution in [0.25, 0.3) is 0 Å². The van der Waals surface area contributed by atoms with Crippen molar-refractivity contribution in [1.82, 2.24) is 5.01 Å². The molecule has 0 fully saturated rings. The van der Waals surface area contributed by atoms with Gasteiger partial charge < -0.3 is 0 Å². The first kappa shape index (κ1) is 15.4. The summed E-state index contributed by atoms with van der Waals surface area (Å²) in [5.74, 6) is -0.192. The lowest BCUT2D eigenvalue weighted by molar-refractivity contribution is 0.0778. The number of hydrogen-bond donors (Lipinski definition) is 0. The van der Waals surface area contributed by atoms with Gasteiger partial charge in [0.1, 0.15) is 5.82 Å². The van der Waals surface area contributed by atoms with Crippen LogP contribution >= 0.6 is 0 Å². The van der Waals surface area contributed by atoms with E-state index >= 15 is 0 Å². The van der Waals surface area contributed by atoms with Crippen molar-refractivity contribution < 1.29 is 9.18 Å². The molecule has 2 aromatic rings. The average Bonchev–Trinajstić information content (AvgIpc) is 3.04. The molecular weight excluding hydrogens is 291 g/mol. The number of amides is 1. The van der Waals surface area contributed by atoms with E-state index < -0.39 is 5.82 Å². The van der Waals surface area contributed by atoms with Crippen molar-refractivity contribution in [2.24, 2.45) is 5.10 Å². The van der Waals surface area contributed by atoms with Crippen molar-refractivity contribution in [2.75, 3.05) is 6.54 Å². The number of rotatable bonds is 3. The molecule has 0 aliphatic carbocycles. The largest absolute Gasteiger partial charge is 0.274 e. The zero-order valence-corrected chi connectivity index (χ0v) is 13.3. The van der Waals surface area contributed by atoms with Crippen molar-refractivity contribution in [3.05, 3.63) is 71.0 Å². The minimum atomic E-state index is -0.413. The van der Waals surface area contributed by atoms with Gasteiger partial charge in [-0.25, -0.2) is 9.40 Å². The quantitative estimate of drug-likeness (QED) is 0.836. The van der Waals surface area contributed by atoms with Crippen LogP contribution in [0, 0.1) is 5.82 Å². The Labute approximate surface area is 135 Å². The summed E-state index contributed by atoms with van der Waals surface area (Å²) in [6, 6.07) is 14.0. The Morgan fingerprint density at radius 1 is 1.17 bits per heavy atom. The van der Waals surface area contributed by atoms with Gasteiger partial charge in [0.15, 0.2) is 0 Å². The molecule has 0 spiro atoms. The van der Waals surface area contributed by atoms with Crippen LogP contribution in [0.2, 0.25) is 0 Å². The Kier molecular flexibility index (Phi) is 4.24. The molecule has 0 bridgehead atoms. The molecule has 0 saturated carbocycles. The van der Waals surface area contributed by atoms with E-state index in [9.17, 15) is 9.18 Å². The van der Waals surface area contributed by atoms with E-state index in [2.05, 4.69) is 31.1 Å². The van der Waals surface area contributed by atoms with E-state index in [1.54, 1.807) is 6.07 Å². The maximum absolute atomic E-state index is 13.3. The Morgan fingerprint density at radius 3 is 2.57 bits per heavy atom. The number of hydrazone groups is 1. The predicted octanol–water partition coefficient (Wildman–Crippen LogP) is 4.20. The third kappa shape index (κ3) is 3.31. The van der Waals surface area contributed by atoms with E-state index in [0.717, 1.165) is 11.3 Å². The first-order chi connectivity index (χ1) is 11.0. The van der Waals surface area contributed by atoms with E-state index in [1.807, 2.05) is 12.1 Å². The van der Waals surface area contributed by atoms with Crippen LogP contribution in [0.5, 0.6) is 0 Å². The van der Waals surface area contributed by atoms with Gasteiger partial charge in [-0.1, -0.05) is 44.2 Å². The number of nitrogens with zero attached hydrogens (tertiary/aromatic N) is 2. The second kappa shape index (κ2) is 6.32. The molecular formula is C19H19FN2O. The first-order valence-corrected chi connectivity index (χ1v) is 7.80. The summed E-state index contributed by atoms with van der Waals surface area (Å²) >= 11 is 0. The van der Waals surface area contributed by atoms with Crippen LogP contribution in [0.1, 0.15) is 47.7 Å². The molecule has 1 aliphatic heterocycles. The van der Waals surface area contributed by atoms with Crippen molar-refractivity contribution in [1.29, 1.82) is 0 Å². The molecule has 23 heavy (non-hydrogen) atoms. The van der Waals surface area contributed by atoms with Crippen molar-refractivity contribution in [3.8, 4) is 0 Å². The van der Waals surface area contributed by atoms with Gasteiger partial charge in [0.2, 0.25) is 0 Å². The highest BCUT2D eigenvalue weighted by atomic mass is 19.1. The number of benzene rings is 2. The summed E-state index contributed by atoms with van der Waals surface area (Å²) in [6.07, 6.45) is 0.710. The topological polar surface area (TPSA) is 32.7 Å². The highest BCUT2D eigenvalue weighted by molar-refractivity contribution is 6.04. The highest BCUT2D eigenvalue weighted by Crippen LogP contribution is 2.20. The van der Waals surface area contributed by atoms with E-state index in [-0.39, 0.29) is 5.91 Å². The van der Waals surface area contributed by atoms with Crippen LogP contribution in [0.4, 0.5) is 4.39 Å². The lowest BCUT2D eigenvalue weighted by atomic mass is 10.00. The summed E-state index contributed by atoms with van der Waals surface area (Å²) < 4.78 is 13.3. The van der Waals surface area contributed by atoms with Gasteiger partial charge in [0.25, 0.3) is 5.91 Å². The molecule has 4 heteroatoms. The molecule has 0 radical (unpaired) electrons. The smallest absolute Gasteiger partial charge is 0.267 e. The van der Waals surface area contributed by atoms with Gasteiger partial charge in [-0.2, -0.15) is 5.10 Å². The minimum absolute atomic E-state index is 0.265. The monoisotopic (exact) mass is 310 g/mol. The van der Waals surface area contributed by atoms with E-state index in [0.29, 0.717) is 24.4 Å². The maximum Gasteiger partial charge on any atom is 0.274 e. The predicted molar refractivity (Wildman–Crippen MR) is 89.1 cm³/mol. The highest BCUT2D eigenvalue weighted by Gasteiger charge is 2.23. The molecule has 1 heterocycles. The van der Waals surface area contributed by atoms with Crippen LogP contribution in [-0.2, 0) is 0 Å². The third-order valence-corrected chi connectivity index (χ3v) is 4.02. The lowest BCUT2D eigenvalue weighted by Gasteiger charge is -2.11. The summed E-state index contributed by atoms with van der Waals surface area (Å²) in [6.45, 7) is 4.83. The number of carbonyl (C=O) groups excluding carboxylic acids is 1. The fourth-order valence-electron chi connectivity index (χ4n) is 2.64. The SMILES string of the molecule is CC(C)c1ccc(C2=NN(C(=O)c3cccc(F)c3)CC2)cc1. The molecule has 0 N–H and O–H groups in total. The normalized spacial score (nSPS) is 14.3. The average molecular weight is 310 g/mol. The van der Waals surface area contributed by atoms with Crippen molar-refractivity contribution in [2.45, 2.75) is 26.2 Å². The lowest BCUT2D eigenvalue weighted by Crippen LogP contribution is -2.23. The molecule has 3 rings (SSSR count). The molecule has 0 aromatic heterocycles. The Morgan fingerprint density at radius 2 is 1.91 bits per heavy atom. The summed E-state index contributed by atoms with van der Waals surface area (Å²) in [5, 5.41) is 5.83. The van der Waals surface area contributed by atoms with E-state index in [4.69, 9.17) is 0 Å². The zero-order valence-electron chi connectivity index (χ0n) is 13.3. The zero-order chi connectivity index (χ0) is 16.4. The number of hydrogen-bond acceptors (Lipinski definition) is 2. The third-order valence-electron chi connectivity index (χ3n) is 4.02. The Bertz CT molecular complexity index is 750. The maximum atomic E-state index is 13.3.